The first-order valence-corrected chi connectivity index (χ1v) is 12.1. The topological polar surface area (TPSA) is 96.3 Å². The van der Waals surface area contributed by atoms with Gasteiger partial charge in [-0.1, -0.05) is 36.4 Å². The molecule has 0 bridgehead atoms. The van der Waals surface area contributed by atoms with E-state index in [-0.39, 0.29) is 11.5 Å². The van der Waals surface area contributed by atoms with Crippen LogP contribution in [0.15, 0.2) is 77.9 Å². The van der Waals surface area contributed by atoms with Gasteiger partial charge >= 0.3 is 0 Å². The zero-order valence-electron chi connectivity index (χ0n) is 20.5. The van der Waals surface area contributed by atoms with Gasteiger partial charge in [0, 0.05) is 24.4 Å². The molecule has 0 radical (unpaired) electrons. The van der Waals surface area contributed by atoms with E-state index in [1.54, 1.807) is 46.8 Å². The van der Waals surface area contributed by atoms with Crippen molar-refractivity contribution < 1.29 is 9.53 Å². The Hall–Kier alpha value is -4.79. The Labute approximate surface area is 211 Å². The summed E-state index contributed by atoms with van der Waals surface area (Å²) in [6.45, 7) is 2.57. The number of pyridine rings is 1. The van der Waals surface area contributed by atoms with E-state index in [1.165, 1.54) is 16.3 Å². The minimum atomic E-state index is -0.329. The molecule has 2 aromatic carbocycles. The van der Waals surface area contributed by atoms with Gasteiger partial charge in [-0.3, -0.25) is 14.2 Å². The Morgan fingerprint density at radius 1 is 0.973 bits per heavy atom. The highest BCUT2D eigenvalue weighted by molar-refractivity contribution is 6.11. The molecule has 0 saturated heterocycles. The summed E-state index contributed by atoms with van der Waals surface area (Å²) in [4.78, 5) is 32.2. The monoisotopic (exact) mass is 492 g/mol. The predicted molar refractivity (Wildman–Crippen MR) is 140 cm³/mol. The molecule has 0 N–H and O–H groups in total. The van der Waals surface area contributed by atoms with E-state index in [1.807, 2.05) is 31.2 Å². The number of hydrogen-bond acceptors (Lipinski definition) is 6. The first-order valence-electron chi connectivity index (χ1n) is 12.1. The molecule has 9 nitrogen and oxygen atoms in total. The van der Waals surface area contributed by atoms with Crippen molar-refractivity contribution in [2.24, 2.45) is 0 Å². The fraction of sp³-hybridized carbons (Fsp3) is 0.179. The number of methoxy groups -OCH3 is 1. The van der Waals surface area contributed by atoms with E-state index in [4.69, 9.17) is 4.74 Å². The van der Waals surface area contributed by atoms with E-state index >= 15 is 0 Å². The fourth-order valence-electron chi connectivity index (χ4n) is 4.73. The van der Waals surface area contributed by atoms with Crippen LogP contribution in [0.25, 0.3) is 27.6 Å². The molecule has 0 aliphatic carbocycles. The third-order valence-corrected chi connectivity index (χ3v) is 6.59. The van der Waals surface area contributed by atoms with Crippen molar-refractivity contribution >= 4 is 33.5 Å². The maximum atomic E-state index is 14.1. The van der Waals surface area contributed by atoms with Crippen LogP contribution in [0.1, 0.15) is 28.5 Å². The number of aryl methyl sites for hydroxylation is 3. The summed E-state index contributed by atoms with van der Waals surface area (Å²) < 4.78 is 9.95. The van der Waals surface area contributed by atoms with Gasteiger partial charge < -0.3 is 4.74 Å². The Morgan fingerprint density at radius 2 is 1.81 bits per heavy atom. The molecule has 0 saturated carbocycles. The van der Waals surface area contributed by atoms with E-state index in [2.05, 4.69) is 27.3 Å². The molecule has 0 fully saturated rings. The van der Waals surface area contributed by atoms with Crippen molar-refractivity contribution in [2.75, 3.05) is 7.11 Å². The molecule has 184 valence electrons. The zero-order valence-corrected chi connectivity index (χ0v) is 20.5. The van der Waals surface area contributed by atoms with Crippen LogP contribution in [0.5, 0.6) is 5.75 Å². The number of nitrogens with zero attached hydrogens (tertiary/aromatic N) is 6. The Morgan fingerprint density at radius 3 is 2.59 bits per heavy atom. The predicted octanol–water partition coefficient (Wildman–Crippen LogP) is 3.90. The minimum Gasteiger partial charge on any atom is -0.497 e. The summed E-state index contributed by atoms with van der Waals surface area (Å²) in [5.41, 5.74) is 3.45. The summed E-state index contributed by atoms with van der Waals surface area (Å²) in [6.07, 6.45) is 4.55. The number of aromatic nitrogens is 6. The number of ether oxygens (including phenoxy) is 1. The van der Waals surface area contributed by atoms with Crippen LogP contribution in [-0.4, -0.2) is 42.0 Å². The van der Waals surface area contributed by atoms with Gasteiger partial charge in [0.25, 0.3) is 11.5 Å². The zero-order chi connectivity index (χ0) is 25.5. The standard InChI is InChI=1S/C28H24N6O3/c1-3-32-26-22(17-30-32)25-23(16-29-26)28(36)34-24(15-20(31-34)13-12-18-8-5-4-6-9-18)33(25)27(35)19-10-7-11-21(14-19)37-2/h4-11,14-17H,3,12-13H2,1-2H3. The summed E-state index contributed by atoms with van der Waals surface area (Å²) in [5.74, 6) is 0.259. The van der Waals surface area contributed by atoms with Crippen molar-refractivity contribution in [2.45, 2.75) is 26.3 Å². The molecule has 37 heavy (non-hydrogen) atoms. The normalized spacial score (nSPS) is 11.5. The second-order valence-electron chi connectivity index (χ2n) is 8.79. The number of hydrogen-bond donors (Lipinski definition) is 0. The number of fused-ring (bicyclic) bond motifs is 4. The third-order valence-electron chi connectivity index (χ3n) is 6.59. The van der Waals surface area contributed by atoms with Crippen LogP contribution in [0.4, 0.5) is 0 Å². The molecule has 0 amide bonds. The van der Waals surface area contributed by atoms with Gasteiger partial charge in [0.05, 0.1) is 35.3 Å². The molecule has 0 unspecified atom stereocenters. The van der Waals surface area contributed by atoms with Crippen molar-refractivity contribution in [3.8, 4) is 5.75 Å². The minimum absolute atomic E-state index is 0.296. The maximum Gasteiger partial charge on any atom is 0.283 e. The Balaban J connectivity index is 1.62. The third kappa shape index (κ3) is 3.76. The lowest BCUT2D eigenvalue weighted by molar-refractivity contribution is 0.0967. The van der Waals surface area contributed by atoms with Crippen molar-refractivity contribution in [1.82, 2.24) is 28.9 Å². The quantitative estimate of drug-likeness (QED) is 0.350. The number of carbonyl (C=O) groups excluding carboxylic acids is 1. The lowest BCUT2D eigenvalue weighted by atomic mass is 10.1. The molecule has 4 heterocycles. The average Bonchev–Trinajstić information content (AvgIpc) is 3.57. The van der Waals surface area contributed by atoms with Crippen LogP contribution >= 0.6 is 0 Å². The summed E-state index contributed by atoms with van der Waals surface area (Å²) in [5, 5.41) is 9.96. The fourth-order valence-corrected chi connectivity index (χ4v) is 4.73. The van der Waals surface area contributed by atoms with Crippen LogP contribution < -0.4 is 10.3 Å². The average molecular weight is 493 g/mol. The van der Waals surface area contributed by atoms with Crippen LogP contribution in [0, 0.1) is 0 Å². The van der Waals surface area contributed by atoms with Crippen molar-refractivity contribution in [3.05, 3.63) is 100 Å². The summed E-state index contributed by atoms with van der Waals surface area (Å²) in [7, 11) is 1.56. The summed E-state index contributed by atoms with van der Waals surface area (Å²) in [6, 6.07) is 18.9. The largest absolute Gasteiger partial charge is 0.497 e. The first kappa shape index (κ1) is 22.7. The van der Waals surface area contributed by atoms with Crippen LogP contribution in [0.3, 0.4) is 0 Å². The molecule has 0 atom stereocenters. The van der Waals surface area contributed by atoms with Gasteiger partial charge in [0.2, 0.25) is 0 Å². The summed E-state index contributed by atoms with van der Waals surface area (Å²) >= 11 is 0. The van der Waals surface area contributed by atoms with Gasteiger partial charge in [-0.15, -0.1) is 0 Å². The molecular weight excluding hydrogens is 468 g/mol. The van der Waals surface area contributed by atoms with Gasteiger partial charge in [0.1, 0.15) is 11.4 Å². The van der Waals surface area contributed by atoms with Gasteiger partial charge in [0.15, 0.2) is 5.65 Å². The molecule has 0 spiro atoms. The molecular formula is C28H24N6O3. The molecule has 4 aromatic heterocycles. The molecule has 0 aliphatic heterocycles. The number of benzene rings is 2. The molecule has 6 aromatic rings. The van der Waals surface area contributed by atoms with Gasteiger partial charge in [-0.2, -0.15) is 14.7 Å². The van der Waals surface area contributed by atoms with Gasteiger partial charge in [-0.25, -0.2) is 9.67 Å². The second kappa shape index (κ2) is 9.02. The van der Waals surface area contributed by atoms with E-state index < -0.39 is 0 Å². The van der Waals surface area contributed by atoms with E-state index in [9.17, 15) is 9.59 Å². The van der Waals surface area contributed by atoms with Crippen LogP contribution in [0.2, 0.25) is 0 Å². The highest BCUT2D eigenvalue weighted by Gasteiger charge is 2.23. The van der Waals surface area contributed by atoms with E-state index in [0.717, 1.165) is 12.1 Å². The molecule has 9 heteroatoms. The highest BCUT2D eigenvalue weighted by atomic mass is 16.5. The lowest BCUT2D eigenvalue weighted by Crippen LogP contribution is -2.24. The second-order valence-corrected chi connectivity index (χ2v) is 8.79. The smallest absolute Gasteiger partial charge is 0.283 e. The Bertz CT molecular complexity index is 1850. The number of rotatable bonds is 6. The lowest BCUT2D eigenvalue weighted by Gasteiger charge is -2.13. The Kier molecular flexibility index (Phi) is 5.52. The van der Waals surface area contributed by atoms with Gasteiger partial charge in [-0.05, 0) is 43.5 Å². The SMILES string of the molecule is CCn1ncc2c1ncc1c(=O)n3nc(CCc4ccccc4)cc3n(C(=O)c3cccc(OC)c3)c12. The molecule has 6 rings (SSSR count). The van der Waals surface area contributed by atoms with Crippen molar-refractivity contribution in [3.63, 3.8) is 0 Å². The van der Waals surface area contributed by atoms with E-state index in [0.29, 0.717) is 51.9 Å². The molecule has 0 aliphatic rings. The number of carbonyl (C=O) groups is 1. The highest BCUT2D eigenvalue weighted by Crippen LogP contribution is 2.26. The van der Waals surface area contributed by atoms with Crippen LogP contribution in [-0.2, 0) is 19.4 Å². The van der Waals surface area contributed by atoms with Crippen molar-refractivity contribution in [1.29, 1.82) is 0 Å². The first-order chi connectivity index (χ1) is 18.1. The maximum absolute atomic E-state index is 14.1.